The Hall–Kier alpha value is -1.26. The number of rotatable bonds is 6. The van der Waals surface area contributed by atoms with E-state index in [0.717, 1.165) is 37.2 Å². The third-order valence-electron chi connectivity index (χ3n) is 4.06. The van der Waals surface area contributed by atoms with Crippen molar-refractivity contribution in [2.45, 2.75) is 57.2 Å². The summed E-state index contributed by atoms with van der Waals surface area (Å²) in [7, 11) is 1.65. The van der Waals surface area contributed by atoms with Crippen molar-refractivity contribution in [1.29, 1.82) is 0 Å². The molecule has 0 amide bonds. The van der Waals surface area contributed by atoms with Crippen LogP contribution in [0.5, 0.6) is 11.5 Å². The maximum absolute atomic E-state index is 9.83. The third kappa shape index (κ3) is 4.11. The maximum atomic E-state index is 9.83. The molecular weight excluding hydrogens is 266 g/mol. The summed E-state index contributed by atoms with van der Waals surface area (Å²) < 4.78 is 11.5. The smallest absolute Gasteiger partial charge is 0.161 e. The summed E-state index contributed by atoms with van der Waals surface area (Å²) in [5.41, 5.74) is -0.223. The van der Waals surface area contributed by atoms with E-state index in [0.29, 0.717) is 6.04 Å². The highest BCUT2D eigenvalue weighted by Crippen LogP contribution is 2.34. The first-order chi connectivity index (χ1) is 10.1. The Labute approximate surface area is 127 Å². The first-order valence-electron chi connectivity index (χ1n) is 7.77. The Balaban J connectivity index is 2.07. The topological polar surface area (TPSA) is 50.7 Å². The van der Waals surface area contributed by atoms with Gasteiger partial charge in [-0.15, -0.1) is 0 Å². The number of aliphatic hydroxyl groups is 1. The van der Waals surface area contributed by atoms with Crippen LogP contribution in [0, 0.1) is 0 Å². The van der Waals surface area contributed by atoms with E-state index in [4.69, 9.17) is 9.47 Å². The van der Waals surface area contributed by atoms with Gasteiger partial charge in [0.25, 0.3) is 0 Å². The van der Waals surface area contributed by atoms with Crippen LogP contribution in [0.3, 0.4) is 0 Å². The lowest BCUT2D eigenvalue weighted by Crippen LogP contribution is -2.55. The highest BCUT2D eigenvalue weighted by atomic mass is 16.5. The van der Waals surface area contributed by atoms with E-state index >= 15 is 0 Å². The first kappa shape index (κ1) is 16.1. The van der Waals surface area contributed by atoms with Gasteiger partial charge in [-0.05, 0) is 31.4 Å². The van der Waals surface area contributed by atoms with Crippen LogP contribution in [0.4, 0.5) is 0 Å². The molecule has 2 unspecified atom stereocenters. The second-order valence-electron chi connectivity index (χ2n) is 6.22. The fraction of sp³-hybridized carbons (Fsp3) is 0.647. The molecule has 0 aliphatic heterocycles. The van der Waals surface area contributed by atoms with Gasteiger partial charge >= 0.3 is 0 Å². The molecule has 21 heavy (non-hydrogen) atoms. The van der Waals surface area contributed by atoms with E-state index in [9.17, 15) is 5.11 Å². The van der Waals surface area contributed by atoms with E-state index in [2.05, 4.69) is 19.2 Å². The Bertz CT molecular complexity index is 449. The van der Waals surface area contributed by atoms with Crippen LogP contribution < -0.4 is 14.8 Å². The number of hydrogen-bond donors (Lipinski definition) is 2. The van der Waals surface area contributed by atoms with Gasteiger partial charge in [-0.3, -0.25) is 0 Å². The minimum absolute atomic E-state index is 0.105. The second-order valence-corrected chi connectivity index (χ2v) is 6.22. The van der Waals surface area contributed by atoms with Crippen LogP contribution in [0.25, 0.3) is 0 Å². The lowest BCUT2D eigenvalue weighted by molar-refractivity contribution is 0.0449. The number of benzene rings is 1. The van der Waals surface area contributed by atoms with Crippen LogP contribution in [0.15, 0.2) is 24.3 Å². The zero-order chi connectivity index (χ0) is 15.3. The fourth-order valence-corrected chi connectivity index (χ4v) is 3.24. The third-order valence-corrected chi connectivity index (χ3v) is 4.06. The molecule has 1 aromatic carbocycles. The number of nitrogens with one attached hydrogen (secondary N) is 1. The van der Waals surface area contributed by atoms with E-state index < -0.39 is 0 Å². The van der Waals surface area contributed by atoms with Crippen LogP contribution in [0.1, 0.15) is 39.5 Å². The lowest BCUT2D eigenvalue weighted by atomic mass is 9.80. The van der Waals surface area contributed by atoms with Crippen LogP contribution in [0.2, 0.25) is 0 Å². The predicted octanol–water partition coefficient (Wildman–Crippen LogP) is 2.75. The summed E-state index contributed by atoms with van der Waals surface area (Å²) in [5.74, 6) is 1.54. The minimum atomic E-state index is -0.223. The summed E-state index contributed by atoms with van der Waals surface area (Å²) in [4.78, 5) is 0. The highest BCUT2D eigenvalue weighted by Gasteiger charge is 2.37. The average Bonchev–Trinajstić information content (AvgIpc) is 2.47. The lowest BCUT2D eigenvalue weighted by Gasteiger charge is -2.41. The first-order valence-corrected chi connectivity index (χ1v) is 7.77. The molecule has 2 atom stereocenters. The molecule has 2 N–H and O–H groups in total. The molecule has 4 nitrogen and oxygen atoms in total. The zero-order valence-electron chi connectivity index (χ0n) is 13.3. The molecule has 118 valence electrons. The number of aliphatic hydroxyl groups excluding tert-OH is 1. The average molecular weight is 293 g/mol. The van der Waals surface area contributed by atoms with Gasteiger partial charge in [-0.1, -0.05) is 26.0 Å². The second kappa shape index (κ2) is 7.14. The van der Waals surface area contributed by atoms with Gasteiger partial charge in [0.05, 0.1) is 13.7 Å². The van der Waals surface area contributed by atoms with Crippen molar-refractivity contribution < 1.29 is 14.6 Å². The molecular formula is C17H27NO3. The molecule has 0 radical (unpaired) electrons. The molecule has 4 heteroatoms. The minimum Gasteiger partial charge on any atom is -0.493 e. The molecule has 1 aliphatic rings. The summed E-state index contributed by atoms with van der Waals surface area (Å²) in [6.07, 6.45) is 3.99. The van der Waals surface area contributed by atoms with Gasteiger partial charge in [0.1, 0.15) is 6.10 Å². The molecule has 0 heterocycles. The van der Waals surface area contributed by atoms with Gasteiger partial charge in [-0.25, -0.2) is 0 Å². The number of hydrogen-bond acceptors (Lipinski definition) is 4. The predicted molar refractivity (Wildman–Crippen MR) is 84.0 cm³/mol. The van der Waals surface area contributed by atoms with Gasteiger partial charge < -0.3 is 19.9 Å². The van der Waals surface area contributed by atoms with E-state index in [1.54, 1.807) is 7.11 Å². The van der Waals surface area contributed by atoms with Crippen LogP contribution in [-0.2, 0) is 0 Å². The summed E-state index contributed by atoms with van der Waals surface area (Å²) in [6, 6.07) is 8.08. The van der Waals surface area contributed by atoms with Gasteiger partial charge in [0, 0.05) is 18.0 Å². The molecule has 1 aromatic rings. The van der Waals surface area contributed by atoms with Crippen molar-refractivity contribution in [2.24, 2.45) is 0 Å². The summed E-state index contributed by atoms with van der Waals surface area (Å²) in [5, 5.41) is 13.4. The van der Waals surface area contributed by atoms with Crippen molar-refractivity contribution in [1.82, 2.24) is 5.32 Å². The van der Waals surface area contributed by atoms with Crippen molar-refractivity contribution in [3.8, 4) is 11.5 Å². The zero-order valence-corrected chi connectivity index (χ0v) is 13.3. The molecule has 1 fully saturated rings. The van der Waals surface area contributed by atoms with Crippen LogP contribution in [-0.4, -0.2) is 36.5 Å². The molecule has 1 saturated carbocycles. The molecule has 0 bridgehead atoms. The molecule has 2 rings (SSSR count). The van der Waals surface area contributed by atoms with Gasteiger partial charge in [0.15, 0.2) is 11.5 Å². The van der Waals surface area contributed by atoms with E-state index in [-0.39, 0.29) is 18.2 Å². The molecule has 0 aromatic heterocycles. The van der Waals surface area contributed by atoms with Gasteiger partial charge in [0.2, 0.25) is 0 Å². The van der Waals surface area contributed by atoms with E-state index in [1.807, 2.05) is 24.3 Å². The maximum Gasteiger partial charge on any atom is 0.161 e. The fourth-order valence-electron chi connectivity index (χ4n) is 3.24. The quantitative estimate of drug-likeness (QED) is 0.847. The normalized spacial score (nSPS) is 25.9. The van der Waals surface area contributed by atoms with Crippen molar-refractivity contribution in [3.63, 3.8) is 0 Å². The Morgan fingerprint density at radius 3 is 2.67 bits per heavy atom. The van der Waals surface area contributed by atoms with Crippen molar-refractivity contribution in [2.75, 3.05) is 13.7 Å². The standard InChI is InChI=1S/C17H27NO3/c1-13(2)18-17(12-19)10-6-7-14(11-17)21-16-9-5-4-8-15(16)20-3/h4-5,8-9,13-14,18-19H,6-7,10-12H2,1-3H3. The highest BCUT2D eigenvalue weighted by molar-refractivity contribution is 5.39. The Kier molecular flexibility index (Phi) is 5.48. The van der Waals surface area contributed by atoms with Crippen molar-refractivity contribution >= 4 is 0 Å². The monoisotopic (exact) mass is 293 g/mol. The Morgan fingerprint density at radius 2 is 2.05 bits per heavy atom. The summed E-state index contributed by atoms with van der Waals surface area (Å²) in [6.45, 7) is 4.38. The Morgan fingerprint density at radius 1 is 1.33 bits per heavy atom. The molecule has 0 saturated heterocycles. The number of para-hydroxylation sites is 2. The molecule has 1 aliphatic carbocycles. The summed E-state index contributed by atoms with van der Waals surface area (Å²) >= 11 is 0. The number of ether oxygens (including phenoxy) is 2. The number of methoxy groups -OCH3 is 1. The largest absolute Gasteiger partial charge is 0.493 e. The SMILES string of the molecule is COc1ccccc1OC1CCCC(CO)(NC(C)C)C1. The van der Waals surface area contributed by atoms with Crippen molar-refractivity contribution in [3.05, 3.63) is 24.3 Å². The van der Waals surface area contributed by atoms with Crippen LogP contribution >= 0.6 is 0 Å². The van der Waals surface area contributed by atoms with E-state index in [1.165, 1.54) is 0 Å². The van der Waals surface area contributed by atoms with Gasteiger partial charge in [-0.2, -0.15) is 0 Å². The molecule has 0 spiro atoms.